The molecule has 3 rings (SSSR count). The minimum absolute atomic E-state index is 0.0238. The van der Waals surface area contributed by atoms with Gasteiger partial charge in [-0.05, 0) is 36.6 Å². The molecule has 1 saturated heterocycles. The molecule has 26 heavy (non-hydrogen) atoms. The first-order valence-corrected chi connectivity index (χ1v) is 9.24. The van der Waals surface area contributed by atoms with Gasteiger partial charge in [-0.15, -0.1) is 0 Å². The summed E-state index contributed by atoms with van der Waals surface area (Å²) < 4.78 is 5.92. The fourth-order valence-electron chi connectivity index (χ4n) is 4.02. The van der Waals surface area contributed by atoms with E-state index in [-0.39, 0.29) is 12.5 Å². The third kappa shape index (κ3) is 3.83. The third-order valence-electron chi connectivity index (χ3n) is 5.56. The van der Waals surface area contributed by atoms with E-state index in [1.165, 1.54) is 19.3 Å². The molecule has 1 saturated carbocycles. The number of nitrogens with zero attached hydrogens (tertiary/aromatic N) is 1. The maximum absolute atomic E-state index is 12.9. The molecule has 0 bridgehead atoms. The smallest absolute Gasteiger partial charge is 0.248 e. The van der Waals surface area contributed by atoms with Crippen LogP contribution in [0.5, 0.6) is 5.75 Å². The highest BCUT2D eigenvalue weighted by Crippen LogP contribution is 2.34. The van der Waals surface area contributed by atoms with Gasteiger partial charge in [0.25, 0.3) is 0 Å². The van der Waals surface area contributed by atoms with Crippen LogP contribution >= 0.6 is 0 Å². The molecule has 0 radical (unpaired) electrons. The van der Waals surface area contributed by atoms with Gasteiger partial charge in [0.2, 0.25) is 11.8 Å². The molecule has 1 aliphatic heterocycles. The molecule has 2 fully saturated rings. The first-order chi connectivity index (χ1) is 12.4. The Labute approximate surface area is 154 Å². The third-order valence-corrected chi connectivity index (χ3v) is 5.56. The number of likely N-dealkylation sites (N-methyl/N-ethyl adjacent to an activating group) is 1. The second kappa shape index (κ2) is 7.63. The van der Waals surface area contributed by atoms with Crippen molar-refractivity contribution in [2.45, 2.75) is 50.4 Å². The summed E-state index contributed by atoms with van der Waals surface area (Å²) in [4.78, 5) is 25.6. The average Bonchev–Trinajstić information content (AvgIpc) is 2.85. The molecule has 0 spiro atoms. The van der Waals surface area contributed by atoms with Crippen LogP contribution in [0.4, 0.5) is 0 Å². The van der Waals surface area contributed by atoms with Crippen molar-refractivity contribution >= 4 is 11.8 Å². The fourth-order valence-corrected chi connectivity index (χ4v) is 4.02. The lowest BCUT2D eigenvalue weighted by Crippen LogP contribution is -2.54. The Morgan fingerprint density at radius 2 is 1.92 bits per heavy atom. The molecular formula is C19H28N4O3. The van der Waals surface area contributed by atoms with E-state index >= 15 is 0 Å². The lowest BCUT2D eigenvalue weighted by Gasteiger charge is -2.33. The van der Waals surface area contributed by atoms with E-state index in [1.54, 1.807) is 36.2 Å². The minimum Gasteiger partial charge on any atom is -0.491 e. The zero-order valence-electron chi connectivity index (χ0n) is 15.2. The highest BCUT2D eigenvalue weighted by atomic mass is 16.5. The van der Waals surface area contributed by atoms with Crippen LogP contribution in [0.2, 0.25) is 0 Å². The van der Waals surface area contributed by atoms with E-state index < -0.39 is 17.7 Å². The topological polar surface area (TPSA) is 111 Å². The number of ether oxygens (including phenoxy) is 1. The van der Waals surface area contributed by atoms with Crippen LogP contribution in [0.25, 0.3) is 0 Å². The molecule has 0 aromatic heterocycles. The summed E-state index contributed by atoms with van der Waals surface area (Å²) in [6.07, 6.45) is 6.20. The Kier molecular flexibility index (Phi) is 5.48. The molecule has 1 aromatic carbocycles. The molecule has 2 amide bonds. The van der Waals surface area contributed by atoms with Crippen LogP contribution in [-0.2, 0) is 4.79 Å². The second-order valence-electron chi connectivity index (χ2n) is 7.47. The van der Waals surface area contributed by atoms with Crippen molar-refractivity contribution in [3.05, 3.63) is 29.8 Å². The van der Waals surface area contributed by atoms with Crippen molar-refractivity contribution in [2.24, 2.45) is 17.4 Å². The summed E-state index contributed by atoms with van der Waals surface area (Å²) in [7, 11) is 1.71. The molecular weight excluding hydrogens is 332 g/mol. The molecule has 1 aliphatic carbocycles. The van der Waals surface area contributed by atoms with E-state index in [2.05, 4.69) is 5.32 Å². The van der Waals surface area contributed by atoms with Crippen molar-refractivity contribution in [3.8, 4) is 5.75 Å². The Hall–Kier alpha value is -2.12. The van der Waals surface area contributed by atoms with E-state index in [0.717, 1.165) is 19.3 Å². The number of benzene rings is 1. The number of hydrogen-bond donors (Lipinski definition) is 3. The van der Waals surface area contributed by atoms with Crippen molar-refractivity contribution in [1.29, 1.82) is 0 Å². The van der Waals surface area contributed by atoms with Crippen molar-refractivity contribution < 1.29 is 14.3 Å². The van der Waals surface area contributed by atoms with E-state index in [4.69, 9.17) is 16.2 Å². The van der Waals surface area contributed by atoms with Crippen LogP contribution in [0.3, 0.4) is 0 Å². The van der Waals surface area contributed by atoms with Crippen LogP contribution in [0, 0.1) is 5.92 Å². The number of nitrogens with two attached hydrogens (primary N) is 2. The molecule has 7 heteroatoms. The Bertz CT molecular complexity index is 657. The summed E-state index contributed by atoms with van der Waals surface area (Å²) in [5.74, 6) is 0.588. The van der Waals surface area contributed by atoms with Gasteiger partial charge in [-0.3, -0.25) is 20.6 Å². The molecule has 1 aromatic rings. The Morgan fingerprint density at radius 1 is 1.27 bits per heavy atom. The van der Waals surface area contributed by atoms with Gasteiger partial charge in [0.15, 0.2) is 0 Å². The van der Waals surface area contributed by atoms with Crippen molar-refractivity contribution in [1.82, 2.24) is 10.2 Å². The predicted octanol–water partition coefficient (Wildman–Crippen LogP) is 1.18. The van der Waals surface area contributed by atoms with Gasteiger partial charge in [-0.25, -0.2) is 0 Å². The van der Waals surface area contributed by atoms with Gasteiger partial charge in [0.05, 0.1) is 0 Å². The van der Waals surface area contributed by atoms with Gasteiger partial charge in [0.1, 0.15) is 24.2 Å². The van der Waals surface area contributed by atoms with Crippen LogP contribution < -0.4 is 21.5 Å². The van der Waals surface area contributed by atoms with Crippen LogP contribution in [-0.4, -0.2) is 42.2 Å². The molecule has 142 valence electrons. The first-order valence-electron chi connectivity index (χ1n) is 9.24. The largest absolute Gasteiger partial charge is 0.491 e. The molecule has 7 nitrogen and oxygen atoms in total. The number of primary amides is 1. The van der Waals surface area contributed by atoms with E-state index in [9.17, 15) is 9.59 Å². The predicted molar refractivity (Wildman–Crippen MR) is 98.3 cm³/mol. The SMILES string of the molecule is CN1C(=O)C(COc2ccc(C(N)=O)cc2)(CC2CCCCC2)NC1N. The summed E-state index contributed by atoms with van der Waals surface area (Å²) in [5.41, 5.74) is 10.9. The van der Waals surface area contributed by atoms with Crippen molar-refractivity contribution in [2.75, 3.05) is 13.7 Å². The zero-order chi connectivity index (χ0) is 18.7. The summed E-state index contributed by atoms with van der Waals surface area (Å²) in [5, 5.41) is 3.27. The maximum Gasteiger partial charge on any atom is 0.248 e. The molecule has 2 unspecified atom stereocenters. The van der Waals surface area contributed by atoms with E-state index in [0.29, 0.717) is 17.2 Å². The first kappa shape index (κ1) is 18.7. The molecule has 2 aliphatic rings. The van der Waals surface area contributed by atoms with Crippen LogP contribution in [0.1, 0.15) is 48.9 Å². The summed E-state index contributed by atoms with van der Waals surface area (Å²) in [6, 6.07) is 6.62. The number of carbonyl (C=O) groups excluding carboxylic acids is 2. The number of carbonyl (C=O) groups is 2. The normalized spacial score (nSPS) is 26.9. The van der Waals surface area contributed by atoms with Gasteiger partial charge in [-0.2, -0.15) is 0 Å². The average molecular weight is 360 g/mol. The Morgan fingerprint density at radius 3 is 2.46 bits per heavy atom. The quantitative estimate of drug-likeness (QED) is 0.705. The standard InChI is InChI=1S/C19H28N4O3/c1-23-17(25)19(22-18(23)21,11-13-5-3-2-4-6-13)12-26-15-9-7-14(8-10-15)16(20)24/h7-10,13,18,22H,2-6,11-12,21H2,1H3,(H2,20,24). The summed E-state index contributed by atoms with van der Waals surface area (Å²) in [6.45, 7) is 0.205. The number of amides is 2. The lowest BCUT2D eigenvalue weighted by molar-refractivity contribution is -0.133. The minimum atomic E-state index is -0.807. The zero-order valence-corrected chi connectivity index (χ0v) is 15.2. The van der Waals surface area contributed by atoms with Gasteiger partial charge >= 0.3 is 0 Å². The highest BCUT2D eigenvalue weighted by Gasteiger charge is 2.50. The monoisotopic (exact) mass is 360 g/mol. The number of hydrogen-bond acceptors (Lipinski definition) is 5. The van der Waals surface area contributed by atoms with Crippen LogP contribution in [0.15, 0.2) is 24.3 Å². The van der Waals surface area contributed by atoms with Gasteiger partial charge in [0, 0.05) is 12.6 Å². The molecule has 2 atom stereocenters. The van der Waals surface area contributed by atoms with Crippen molar-refractivity contribution in [3.63, 3.8) is 0 Å². The summed E-state index contributed by atoms with van der Waals surface area (Å²) >= 11 is 0. The molecule has 1 heterocycles. The highest BCUT2D eigenvalue weighted by molar-refractivity contribution is 5.92. The van der Waals surface area contributed by atoms with E-state index in [1.807, 2.05) is 0 Å². The second-order valence-corrected chi connectivity index (χ2v) is 7.47. The molecule has 5 N–H and O–H groups in total. The maximum atomic E-state index is 12.9. The number of nitrogens with one attached hydrogen (secondary N) is 1. The van der Waals surface area contributed by atoms with Gasteiger partial charge < -0.3 is 15.4 Å². The Balaban J connectivity index is 1.73. The lowest BCUT2D eigenvalue weighted by atomic mass is 9.79. The number of rotatable bonds is 6. The fraction of sp³-hybridized carbons (Fsp3) is 0.579. The van der Waals surface area contributed by atoms with Gasteiger partial charge in [-0.1, -0.05) is 32.1 Å².